The van der Waals surface area contributed by atoms with E-state index in [1.807, 2.05) is 39.0 Å². The first-order valence-corrected chi connectivity index (χ1v) is 13.7. The summed E-state index contributed by atoms with van der Waals surface area (Å²) < 4.78 is 49.5. The summed E-state index contributed by atoms with van der Waals surface area (Å²) in [6.45, 7) is 8.15. The maximum atomic E-state index is 13.0. The van der Waals surface area contributed by atoms with Gasteiger partial charge in [-0.15, -0.1) is 0 Å². The van der Waals surface area contributed by atoms with Gasteiger partial charge in [0.2, 0.25) is 15.9 Å². The number of hydrogen-bond donors (Lipinski definition) is 1. The number of amides is 1. The van der Waals surface area contributed by atoms with Gasteiger partial charge >= 0.3 is 0 Å². The number of morpholine rings is 1. The number of aryl methyl sites for hydroxylation is 1. The molecule has 2 aromatic rings. The van der Waals surface area contributed by atoms with E-state index in [2.05, 4.69) is 5.32 Å². The molecule has 9 nitrogen and oxygen atoms in total. The Bertz CT molecular complexity index is 1130. The molecule has 1 fully saturated rings. The Morgan fingerprint density at radius 3 is 2.36 bits per heavy atom. The third kappa shape index (κ3) is 6.89. The number of rotatable bonds is 12. The number of nitrogens with one attached hydrogen (secondary N) is 1. The van der Waals surface area contributed by atoms with Crippen molar-refractivity contribution in [3.8, 4) is 17.2 Å². The number of nitrogens with zero attached hydrogens (tertiary/aromatic N) is 1. The zero-order chi connectivity index (χ0) is 26.1. The molecule has 0 aromatic heterocycles. The predicted molar refractivity (Wildman–Crippen MR) is 136 cm³/mol. The van der Waals surface area contributed by atoms with Crippen molar-refractivity contribution in [2.75, 3.05) is 46.6 Å². The van der Waals surface area contributed by atoms with E-state index < -0.39 is 10.0 Å². The zero-order valence-electron chi connectivity index (χ0n) is 21.4. The number of sulfonamides is 1. The molecule has 1 atom stereocenters. The second-order valence-corrected chi connectivity index (χ2v) is 10.3. The van der Waals surface area contributed by atoms with Gasteiger partial charge in [-0.1, -0.05) is 6.07 Å². The van der Waals surface area contributed by atoms with Crippen molar-refractivity contribution in [3.05, 3.63) is 47.5 Å². The highest BCUT2D eigenvalue weighted by molar-refractivity contribution is 7.89. The predicted octanol–water partition coefficient (Wildman–Crippen LogP) is 3.32. The van der Waals surface area contributed by atoms with Crippen LogP contribution in [0.15, 0.2) is 41.3 Å². The van der Waals surface area contributed by atoms with Crippen LogP contribution >= 0.6 is 0 Å². The average Bonchev–Trinajstić information content (AvgIpc) is 2.89. The Hall–Kier alpha value is -2.82. The maximum Gasteiger partial charge on any atom is 0.243 e. The zero-order valence-corrected chi connectivity index (χ0v) is 22.2. The highest BCUT2D eigenvalue weighted by atomic mass is 32.2. The van der Waals surface area contributed by atoms with Gasteiger partial charge in [0.25, 0.3) is 0 Å². The highest BCUT2D eigenvalue weighted by Gasteiger charge is 2.27. The van der Waals surface area contributed by atoms with Crippen LogP contribution in [0.2, 0.25) is 0 Å². The fraction of sp³-hybridized carbons (Fsp3) is 0.500. The van der Waals surface area contributed by atoms with E-state index >= 15 is 0 Å². The van der Waals surface area contributed by atoms with Gasteiger partial charge in [-0.3, -0.25) is 4.79 Å². The molecule has 3 rings (SSSR count). The molecule has 1 N–H and O–H groups in total. The van der Waals surface area contributed by atoms with Gasteiger partial charge in [-0.05, 0) is 68.7 Å². The van der Waals surface area contributed by atoms with E-state index in [9.17, 15) is 13.2 Å². The van der Waals surface area contributed by atoms with Gasteiger partial charge < -0.3 is 24.3 Å². The molecule has 1 aliphatic rings. The molecule has 10 heteroatoms. The SMILES string of the molecule is CCOc1ccc([C@@H](C)NC(=O)CCc2cc(S(=O)(=O)N3CCOCC3)ccc2OC)cc1OCC. The Morgan fingerprint density at radius 2 is 1.69 bits per heavy atom. The molecule has 1 amide bonds. The molecule has 0 spiro atoms. The molecular formula is C26H36N2O7S. The summed E-state index contributed by atoms with van der Waals surface area (Å²) in [5.41, 5.74) is 1.56. The number of methoxy groups -OCH3 is 1. The van der Waals surface area contributed by atoms with Gasteiger partial charge in [0.1, 0.15) is 5.75 Å². The van der Waals surface area contributed by atoms with Crippen molar-refractivity contribution in [1.82, 2.24) is 9.62 Å². The van der Waals surface area contributed by atoms with Crippen LogP contribution in [0.5, 0.6) is 17.2 Å². The minimum absolute atomic E-state index is 0.155. The molecule has 0 saturated carbocycles. The van der Waals surface area contributed by atoms with Gasteiger partial charge in [-0.2, -0.15) is 4.31 Å². The topological polar surface area (TPSA) is 103 Å². The number of carbonyl (C=O) groups is 1. The third-order valence-electron chi connectivity index (χ3n) is 5.93. The number of carbonyl (C=O) groups excluding carboxylic acids is 1. The number of benzene rings is 2. The molecule has 0 unspecified atom stereocenters. The van der Waals surface area contributed by atoms with Gasteiger partial charge in [0.15, 0.2) is 11.5 Å². The fourth-order valence-electron chi connectivity index (χ4n) is 4.03. The molecule has 198 valence electrons. The van der Waals surface area contributed by atoms with Crippen LogP contribution in [-0.2, 0) is 26.0 Å². The van der Waals surface area contributed by atoms with Crippen molar-refractivity contribution in [2.24, 2.45) is 0 Å². The second-order valence-electron chi connectivity index (χ2n) is 8.35. The van der Waals surface area contributed by atoms with Crippen LogP contribution in [0.1, 0.15) is 44.4 Å². The smallest absolute Gasteiger partial charge is 0.243 e. The Morgan fingerprint density at radius 1 is 1.03 bits per heavy atom. The van der Waals surface area contributed by atoms with E-state index in [4.69, 9.17) is 18.9 Å². The minimum Gasteiger partial charge on any atom is -0.496 e. The molecule has 0 radical (unpaired) electrons. The quantitative estimate of drug-likeness (QED) is 0.458. The van der Waals surface area contributed by atoms with E-state index in [-0.39, 0.29) is 23.3 Å². The first-order chi connectivity index (χ1) is 17.3. The summed E-state index contributed by atoms with van der Waals surface area (Å²) in [6.07, 6.45) is 0.513. The molecule has 1 saturated heterocycles. The lowest BCUT2D eigenvalue weighted by Gasteiger charge is -2.26. The van der Waals surface area contributed by atoms with Crippen molar-refractivity contribution >= 4 is 15.9 Å². The van der Waals surface area contributed by atoms with E-state index in [0.717, 1.165) is 5.56 Å². The summed E-state index contributed by atoms with van der Waals surface area (Å²) in [4.78, 5) is 12.9. The van der Waals surface area contributed by atoms with Gasteiger partial charge in [-0.25, -0.2) is 8.42 Å². The van der Waals surface area contributed by atoms with E-state index in [1.165, 1.54) is 17.5 Å². The van der Waals surface area contributed by atoms with E-state index in [0.29, 0.717) is 68.7 Å². The van der Waals surface area contributed by atoms with Crippen LogP contribution in [-0.4, -0.2) is 65.3 Å². The maximum absolute atomic E-state index is 13.0. The van der Waals surface area contributed by atoms with Crippen LogP contribution in [0.3, 0.4) is 0 Å². The normalized spacial score (nSPS) is 15.2. The molecule has 36 heavy (non-hydrogen) atoms. The van der Waals surface area contributed by atoms with Crippen LogP contribution in [0, 0.1) is 0 Å². The summed E-state index contributed by atoms with van der Waals surface area (Å²) in [5.74, 6) is 1.70. The van der Waals surface area contributed by atoms with Crippen molar-refractivity contribution in [3.63, 3.8) is 0 Å². The van der Waals surface area contributed by atoms with Crippen LogP contribution < -0.4 is 19.5 Å². The highest BCUT2D eigenvalue weighted by Crippen LogP contribution is 2.31. The van der Waals surface area contributed by atoms with Gasteiger partial charge in [0.05, 0.1) is 44.5 Å². The average molecular weight is 521 g/mol. The minimum atomic E-state index is -3.64. The molecule has 2 aromatic carbocycles. The first-order valence-electron chi connectivity index (χ1n) is 12.2. The first kappa shape index (κ1) is 27.8. The summed E-state index contributed by atoms with van der Waals surface area (Å²) in [5, 5.41) is 3.00. The lowest BCUT2D eigenvalue weighted by molar-refractivity contribution is -0.121. The second kappa shape index (κ2) is 12.9. The molecule has 0 bridgehead atoms. The third-order valence-corrected chi connectivity index (χ3v) is 7.82. The molecule has 1 heterocycles. The Labute approximate surface area is 213 Å². The van der Waals surface area contributed by atoms with Crippen molar-refractivity contribution in [1.29, 1.82) is 0 Å². The van der Waals surface area contributed by atoms with Crippen molar-refractivity contribution in [2.45, 2.75) is 44.6 Å². The lowest BCUT2D eigenvalue weighted by atomic mass is 10.1. The number of ether oxygens (including phenoxy) is 4. The van der Waals surface area contributed by atoms with E-state index in [1.54, 1.807) is 12.1 Å². The monoisotopic (exact) mass is 520 g/mol. The summed E-state index contributed by atoms with van der Waals surface area (Å²) >= 11 is 0. The summed E-state index contributed by atoms with van der Waals surface area (Å²) in [7, 11) is -2.12. The largest absolute Gasteiger partial charge is 0.496 e. The Kier molecular flexibility index (Phi) is 9.98. The molecule has 1 aliphatic heterocycles. The molecule has 0 aliphatic carbocycles. The van der Waals surface area contributed by atoms with Crippen LogP contribution in [0.25, 0.3) is 0 Å². The Balaban J connectivity index is 1.67. The molecular weight excluding hydrogens is 484 g/mol. The lowest BCUT2D eigenvalue weighted by Crippen LogP contribution is -2.40. The summed E-state index contributed by atoms with van der Waals surface area (Å²) in [6, 6.07) is 10.2. The van der Waals surface area contributed by atoms with Gasteiger partial charge in [0, 0.05) is 19.5 Å². The standard InChI is InChI=1S/C26H36N2O7S/c1-5-34-24-10-7-20(18-25(24)35-6-2)19(3)27-26(29)12-8-21-17-22(9-11-23(21)32-4)36(30,31)28-13-15-33-16-14-28/h7,9-11,17-19H,5-6,8,12-16H2,1-4H3,(H,27,29)/t19-/m1/s1. The number of hydrogen-bond acceptors (Lipinski definition) is 7. The fourth-order valence-corrected chi connectivity index (χ4v) is 5.49. The van der Waals surface area contributed by atoms with Crippen LogP contribution in [0.4, 0.5) is 0 Å². The van der Waals surface area contributed by atoms with Crippen molar-refractivity contribution < 1.29 is 32.2 Å².